The summed E-state index contributed by atoms with van der Waals surface area (Å²) in [6, 6.07) is 10.3. The largest absolute Gasteiger partial charge is 0.508 e. The number of carbonyl (C=O) groups is 1. The van der Waals surface area contributed by atoms with E-state index in [0.717, 1.165) is 0 Å². The number of aromatic hydroxyl groups is 1. The van der Waals surface area contributed by atoms with Crippen LogP contribution in [0.15, 0.2) is 60.4 Å². The van der Waals surface area contributed by atoms with Crippen LogP contribution in [0.1, 0.15) is 41.9 Å². The van der Waals surface area contributed by atoms with Gasteiger partial charge >= 0.3 is 5.97 Å². The average Bonchev–Trinajstić information content (AvgIpc) is 2.80. The van der Waals surface area contributed by atoms with E-state index in [-0.39, 0.29) is 18.1 Å². The zero-order valence-corrected chi connectivity index (χ0v) is 20.3. The summed E-state index contributed by atoms with van der Waals surface area (Å²) in [5, 5.41) is 19.5. The van der Waals surface area contributed by atoms with Crippen LogP contribution in [0, 0.1) is 5.92 Å². The summed E-state index contributed by atoms with van der Waals surface area (Å²) in [5.41, 5.74) is 1.81. The van der Waals surface area contributed by atoms with E-state index in [0.29, 0.717) is 51.9 Å². The second-order valence-electron chi connectivity index (χ2n) is 8.08. The average molecular weight is 526 g/mol. The Kier molecular flexibility index (Phi) is 8.06. The summed E-state index contributed by atoms with van der Waals surface area (Å²) in [4.78, 5) is 10.7. The number of benzene rings is 2. The van der Waals surface area contributed by atoms with Crippen molar-refractivity contribution < 1.29 is 29.2 Å². The number of phenols is 1. The van der Waals surface area contributed by atoms with Crippen LogP contribution in [-0.4, -0.2) is 29.1 Å². The van der Waals surface area contributed by atoms with Crippen LogP contribution < -0.4 is 4.74 Å². The third-order valence-electron chi connectivity index (χ3n) is 5.72. The fourth-order valence-corrected chi connectivity index (χ4v) is 4.90. The molecule has 4 atom stereocenters. The molecular formula is C25H23Cl3O6. The maximum absolute atomic E-state index is 10.7. The molecule has 0 aliphatic carbocycles. The molecular weight excluding hydrogens is 503 g/mol. The van der Waals surface area contributed by atoms with Crippen LogP contribution in [0.3, 0.4) is 0 Å². The lowest BCUT2D eigenvalue weighted by atomic mass is 9.91. The second-order valence-corrected chi connectivity index (χ2v) is 9.36. The molecule has 2 aliphatic rings. The maximum Gasteiger partial charge on any atom is 0.303 e. The number of para-hydroxylation sites is 1. The molecule has 0 radical (unpaired) electrons. The minimum atomic E-state index is -0.841. The van der Waals surface area contributed by atoms with Crippen molar-refractivity contribution in [1.82, 2.24) is 0 Å². The van der Waals surface area contributed by atoms with Gasteiger partial charge in [0.1, 0.15) is 11.5 Å². The van der Waals surface area contributed by atoms with Crippen LogP contribution in [0.2, 0.25) is 10.0 Å². The summed E-state index contributed by atoms with van der Waals surface area (Å²) < 4.78 is 18.1. The molecule has 180 valence electrons. The van der Waals surface area contributed by atoms with Crippen molar-refractivity contribution in [3.8, 4) is 11.5 Å². The van der Waals surface area contributed by atoms with E-state index in [1.54, 1.807) is 24.3 Å². The predicted molar refractivity (Wildman–Crippen MR) is 130 cm³/mol. The Morgan fingerprint density at radius 1 is 1.15 bits per heavy atom. The minimum Gasteiger partial charge on any atom is -0.508 e. The molecule has 1 fully saturated rings. The fourth-order valence-electron chi connectivity index (χ4n) is 4.03. The zero-order valence-electron chi connectivity index (χ0n) is 18.0. The first-order chi connectivity index (χ1) is 16.3. The first-order valence-electron chi connectivity index (χ1n) is 10.8. The van der Waals surface area contributed by atoms with Gasteiger partial charge in [0, 0.05) is 34.1 Å². The molecule has 1 unspecified atom stereocenters. The molecule has 2 aliphatic heterocycles. The van der Waals surface area contributed by atoms with Gasteiger partial charge in [0.05, 0.1) is 29.4 Å². The summed E-state index contributed by atoms with van der Waals surface area (Å²) in [5.74, 6) is -0.396. The van der Waals surface area contributed by atoms with E-state index < -0.39 is 23.7 Å². The minimum absolute atomic E-state index is 0.0694. The SMILES string of the molecule is O=C(O)CC/C=C\C[C@@H]1CO[C@H](C2=COc3c(Cl)cc(Cl)cc3C2Cl)O[C@@H]1c1ccccc1O. The van der Waals surface area contributed by atoms with Gasteiger partial charge in [0.25, 0.3) is 0 Å². The number of allylic oxidation sites excluding steroid dienone is 2. The molecule has 2 aromatic carbocycles. The predicted octanol–water partition coefficient (Wildman–Crippen LogP) is 6.80. The lowest BCUT2D eigenvalue weighted by molar-refractivity contribution is -0.222. The molecule has 4 rings (SSSR count). The molecule has 2 N–H and O–H groups in total. The quantitative estimate of drug-likeness (QED) is 0.305. The summed E-state index contributed by atoms with van der Waals surface area (Å²) >= 11 is 19.2. The number of rotatable bonds is 7. The van der Waals surface area contributed by atoms with Gasteiger partial charge in [0.2, 0.25) is 0 Å². The Bertz CT molecular complexity index is 1120. The fraction of sp³-hybridized carbons (Fsp3) is 0.320. The highest BCUT2D eigenvalue weighted by molar-refractivity contribution is 6.36. The number of carboxylic acid groups (broad SMARTS) is 1. The summed E-state index contributed by atoms with van der Waals surface area (Å²) in [7, 11) is 0. The van der Waals surface area contributed by atoms with E-state index in [1.807, 2.05) is 24.3 Å². The van der Waals surface area contributed by atoms with Gasteiger partial charge in [0.15, 0.2) is 6.29 Å². The molecule has 9 heteroatoms. The van der Waals surface area contributed by atoms with E-state index in [2.05, 4.69) is 0 Å². The Hall–Kier alpha value is -2.22. The van der Waals surface area contributed by atoms with Crippen molar-refractivity contribution in [3.05, 3.63) is 81.6 Å². The zero-order chi connectivity index (χ0) is 24.2. The third-order valence-corrected chi connectivity index (χ3v) is 6.71. The first-order valence-corrected chi connectivity index (χ1v) is 12.0. The molecule has 6 nitrogen and oxygen atoms in total. The molecule has 0 spiro atoms. The summed E-state index contributed by atoms with van der Waals surface area (Å²) in [6.07, 6.45) is 5.03. The highest BCUT2D eigenvalue weighted by Gasteiger charge is 2.39. The van der Waals surface area contributed by atoms with Crippen molar-refractivity contribution in [3.63, 3.8) is 0 Å². The number of aliphatic carboxylic acids is 1. The molecule has 2 aromatic rings. The topological polar surface area (TPSA) is 85.2 Å². The highest BCUT2D eigenvalue weighted by Crippen LogP contribution is 2.48. The molecule has 0 saturated carbocycles. The second kappa shape index (κ2) is 11.0. The number of alkyl halides is 1. The van der Waals surface area contributed by atoms with Gasteiger partial charge in [-0.25, -0.2) is 0 Å². The van der Waals surface area contributed by atoms with Crippen LogP contribution in [0.25, 0.3) is 0 Å². The highest BCUT2D eigenvalue weighted by atomic mass is 35.5. The van der Waals surface area contributed by atoms with Gasteiger partial charge in [-0.05, 0) is 31.0 Å². The Balaban J connectivity index is 1.55. The third kappa shape index (κ3) is 5.53. The lowest BCUT2D eigenvalue weighted by Crippen LogP contribution is -2.37. The van der Waals surface area contributed by atoms with Crippen molar-refractivity contribution in [2.45, 2.75) is 37.0 Å². The van der Waals surface area contributed by atoms with Crippen LogP contribution in [0.5, 0.6) is 11.5 Å². The molecule has 0 amide bonds. The Labute approximate surface area is 212 Å². The van der Waals surface area contributed by atoms with Crippen LogP contribution >= 0.6 is 34.8 Å². The van der Waals surface area contributed by atoms with Crippen molar-refractivity contribution in [1.29, 1.82) is 0 Å². The number of phenolic OH excluding ortho intramolecular Hbond substituents is 1. The number of halogens is 3. The van der Waals surface area contributed by atoms with Gasteiger partial charge in [-0.3, -0.25) is 4.79 Å². The first kappa shape index (κ1) is 24.9. The number of ether oxygens (including phenoxy) is 3. The molecule has 1 saturated heterocycles. The molecule has 2 heterocycles. The monoisotopic (exact) mass is 524 g/mol. The normalized spacial score (nSPS) is 24.4. The van der Waals surface area contributed by atoms with Crippen LogP contribution in [0.4, 0.5) is 0 Å². The van der Waals surface area contributed by atoms with Gasteiger partial charge in [-0.1, -0.05) is 53.6 Å². The van der Waals surface area contributed by atoms with Crippen molar-refractivity contribution in [2.24, 2.45) is 5.92 Å². The number of hydrogen-bond donors (Lipinski definition) is 2. The van der Waals surface area contributed by atoms with Crippen LogP contribution in [-0.2, 0) is 14.3 Å². The maximum atomic E-state index is 10.7. The lowest BCUT2D eigenvalue weighted by Gasteiger charge is -2.39. The number of hydrogen-bond acceptors (Lipinski definition) is 5. The van der Waals surface area contributed by atoms with Gasteiger partial charge < -0.3 is 24.4 Å². The van der Waals surface area contributed by atoms with E-state index >= 15 is 0 Å². The number of carboxylic acids is 1. The van der Waals surface area contributed by atoms with E-state index in [4.69, 9.17) is 54.1 Å². The van der Waals surface area contributed by atoms with E-state index in [1.165, 1.54) is 6.26 Å². The Morgan fingerprint density at radius 3 is 2.71 bits per heavy atom. The van der Waals surface area contributed by atoms with Crippen molar-refractivity contribution >= 4 is 40.8 Å². The standard InChI is InChI=1S/C25H23Cl3O6/c26-15-10-17-22(28)18(13-32-24(17)19(27)11-15)25-33-12-14(6-2-1-3-9-21(30)31)23(34-25)16-7-4-5-8-20(16)29/h1-2,4-5,7-8,10-11,13-14,22-23,25,29H,3,6,9,12H2,(H,30,31)/b2-1-/t14-,22?,23+,25+/m1/s1. The number of fused-ring (bicyclic) bond motifs is 1. The van der Waals surface area contributed by atoms with Crippen molar-refractivity contribution in [2.75, 3.05) is 6.61 Å². The Morgan fingerprint density at radius 2 is 1.94 bits per heavy atom. The molecule has 0 bridgehead atoms. The van der Waals surface area contributed by atoms with E-state index in [9.17, 15) is 9.90 Å². The van der Waals surface area contributed by atoms with Gasteiger partial charge in [-0.15, -0.1) is 11.6 Å². The molecule has 0 aromatic heterocycles. The smallest absolute Gasteiger partial charge is 0.303 e. The van der Waals surface area contributed by atoms with Gasteiger partial charge in [-0.2, -0.15) is 0 Å². The molecule has 34 heavy (non-hydrogen) atoms. The summed E-state index contributed by atoms with van der Waals surface area (Å²) in [6.45, 7) is 0.330.